The summed E-state index contributed by atoms with van der Waals surface area (Å²) in [5.74, 6) is 0.546. The molecule has 3 N–H and O–H groups in total. The summed E-state index contributed by atoms with van der Waals surface area (Å²) < 4.78 is 0. The van der Waals surface area contributed by atoms with Gasteiger partial charge in [-0.1, -0.05) is 0 Å². The van der Waals surface area contributed by atoms with Crippen molar-refractivity contribution in [3.05, 3.63) is 34.2 Å². The number of carbonyl (C=O) groups is 1. The SMILES string of the molecule is NC1(C2CC2)CN(C(=O)c2ccc(=O)[nH]c2)C1. The summed E-state index contributed by atoms with van der Waals surface area (Å²) in [5.41, 5.74) is 6.35. The molecule has 0 radical (unpaired) electrons. The monoisotopic (exact) mass is 233 g/mol. The number of H-pyrrole nitrogens is 1. The lowest BCUT2D eigenvalue weighted by Gasteiger charge is -2.48. The molecule has 1 aliphatic heterocycles. The largest absolute Gasteiger partial charge is 0.335 e. The zero-order valence-electron chi connectivity index (χ0n) is 9.48. The number of carbonyl (C=O) groups excluding carboxylic acids is 1. The maximum atomic E-state index is 12.0. The number of aromatic amines is 1. The Morgan fingerprint density at radius 3 is 2.65 bits per heavy atom. The van der Waals surface area contributed by atoms with Crippen LogP contribution in [0.5, 0.6) is 0 Å². The molecule has 0 spiro atoms. The fraction of sp³-hybridized carbons (Fsp3) is 0.500. The molecule has 1 amide bonds. The first-order valence-electron chi connectivity index (χ1n) is 5.85. The zero-order valence-corrected chi connectivity index (χ0v) is 9.48. The first-order valence-corrected chi connectivity index (χ1v) is 5.85. The number of nitrogens with two attached hydrogens (primary N) is 1. The van der Waals surface area contributed by atoms with Gasteiger partial charge in [-0.25, -0.2) is 0 Å². The van der Waals surface area contributed by atoms with Crippen LogP contribution in [0, 0.1) is 5.92 Å². The number of pyridine rings is 1. The lowest BCUT2D eigenvalue weighted by Crippen LogP contribution is -2.69. The van der Waals surface area contributed by atoms with Crippen molar-refractivity contribution in [2.45, 2.75) is 18.4 Å². The minimum Gasteiger partial charge on any atom is -0.335 e. The van der Waals surface area contributed by atoms with Gasteiger partial charge in [-0.2, -0.15) is 0 Å². The first kappa shape index (κ1) is 10.5. The lowest BCUT2D eigenvalue weighted by molar-refractivity contribution is 0.0350. The molecule has 2 heterocycles. The molecule has 3 rings (SSSR count). The van der Waals surface area contributed by atoms with E-state index in [-0.39, 0.29) is 17.0 Å². The van der Waals surface area contributed by atoms with Gasteiger partial charge in [-0.15, -0.1) is 0 Å². The highest BCUT2D eigenvalue weighted by Gasteiger charge is 2.51. The molecule has 5 nitrogen and oxygen atoms in total. The van der Waals surface area contributed by atoms with E-state index in [2.05, 4.69) is 4.98 Å². The van der Waals surface area contributed by atoms with Crippen LogP contribution in [0.3, 0.4) is 0 Å². The third-order valence-corrected chi connectivity index (χ3v) is 3.68. The molecule has 0 unspecified atom stereocenters. The normalized spacial score (nSPS) is 22.1. The molecule has 1 aliphatic carbocycles. The number of amides is 1. The average Bonchev–Trinajstić information content (AvgIpc) is 3.09. The van der Waals surface area contributed by atoms with Gasteiger partial charge in [0.2, 0.25) is 5.56 Å². The zero-order chi connectivity index (χ0) is 12.0. The lowest BCUT2D eigenvalue weighted by atomic mass is 9.85. The summed E-state index contributed by atoms with van der Waals surface area (Å²) in [7, 11) is 0. The van der Waals surface area contributed by atoms with Crippen molar-refractivity contribution < 1.29 is 4.79 Å². The molecule has 5 heteroatoms. The summed E-state index contributed by atoms with van der Waals surface area (Å²) in [6, 6.07) is 2.92. The van der Waals surface area contributed by atoms with Crippen molar-refractivity contribution in [1.29, 1.82) is 0 Å². The van der Waals surface area contributed by atoms with Crippen LogP contribution >= 0.6 is 0 Å². The molecule has 90 valence electrons. The van der Waals surface area contributed by atoms with Crippen molar-refractivity contribution in [2.24, 2.45) is 11.7 Å². The minimum absolute atomic E-state index is 0.0528. The highest BCUT2D eigenvalue weighted by atomic mass is 16.2. The van der Waals surface area contributed by atoms with E-state index < -0.39 is 0 Å². The molecule has 1 aromatic rings. The van der Waals surface area contributed by atoms with E-state index in [1.807, 2.05) is 0 Å². The maximum absolute atomic E-state index is 12.0. The minimum atomic E-state index is -0.198. The van der Waals surface area contributed by atoms with Gasteiger partial charge in [0, 0.05) is 25.4 Å². The number of hydrogen-bond acceptors (Lipinski definition) is 3. The molecule has 1 saturated carbocycles. The van der Waals surface area contributed by atoms with Crippen molar-refractivity contribution in [1.82, 2.24) is 9.88 Å². The van der Waals surface area contributed by atoms with Crippen molar-refractivity contribution in [3.63, 3.8) is 0 Å². The Kier molecular flexibility index (Phi) is 2.13. The highest BCUT2D eigenvalue weighted by molar-refractivity contribution is 5.94. The van der Waals surface area contributed by atoms with E-state index in [0.29, 0.717) is 24.6 Å². The second-order valence-electron chi connectivity index (χ2n) is 5.11. The molecule has 17 heavy (non-hydrogen) atoms. The molecule has 0 atom stereocenters. The maximum Gasteiger partial charge on any atom is 0.255 e. The second kappa shape index (κ2) is 3.43. The highest BCUT2D eigenvalue weighted by Crippen LogP contribution is 2.43. The van der Waals surface area contributed by atoms with Crippen molar-refractivity contribution in [3.8, 4) is 0 Å². The van der Waals surface area contributed by atoms with Gasteiger partial charge < -0.3 is 15.6 Å². The Morgan fingerprint density at radius 2 is 2.12 bits per heavy atom. The van der Waals surface area contributed by atoms with Gasteiger partial charge >= 0.3 is 0 Å². The smallest absolute Gasteiger partial charge is 0.255 e. The summed E-state index contributed by atoms with van der Waals surface area (Å²) in [6.07, 6.45) is 3.84. The first-order chi connectivity index (χ1) is 8.08. The van der Waals surface area contributed by atoms with Gasteiger partial charge in [0.05, 0.1) is 11.1 Å². The Balaban J connectivity index is 1.68. The molecule has 0 aromatic carbocycles. The van der Waals surface area contributed by atoms with Crippen LogP contribution in [0.2, 0.25) is 0 Å². The van der Waals surface area contributed by atoms with Crippen LogP contribution < -0.4 is 11.3 Å². The fourth-order valence-corrected chi connectivity index (χ4v) is 2.45. The van der Waals surface area contributed by atoms with E-state index in [9.17, 15) is 9.59 Å². The fourth-order valence-electron chi connectivity index (χ4n) is 2.45. The van der Waals surface area contributed by atoms with Gasteiger partial charge in [0.1, 0.15) is 0 Å². The molecule has 2 aliphatic rings. The topological polar surface area (TPSA) is 79.2 Å². The number of rotatable bonds is 2. The van der Waals surface area contributed by atoms with Crippen LogP contribution in [0.15, 0.2) is 23.1 Å². The van der Waals surface area contributed by atoms with Gasteiger partial charge in [0.15, 0.2) is 0 Å². The number of nitrogens with zero attached hydrogens (tertiary/aromatic N) is 1. The van der Waals surface area contributed by atoms with Crippen LogP contribution in [-0.2, 0) is 0 Å². The Morgan fingerprint density at radius 1 is 1.41 bits per heavy atom. The summed E-state index contributed by atoms with van der Waals surface area (Å²) in [6.45, 7) is 1.27. The third kappa shape index (κ3) is 1.76. The Bertz CT molecular complexity index is 492. The van der Waals surface area contributed by atoms with Crippen LogP contribution in [-0.4, -0.2) is 34.4 Å². The standard InChI is InChI=1S/C12H15N3O2/c13-12(9-2-3-9)6-15(7-12)11(17)8-1-4-10(16)14-5-8/h1,4-5,9H,2-3,6-7,13H2,(H,14,16). The molecule has 1 aromatic heterocycles. The van der Waals surface area contributed by atoms with Gasteiger partial charge in [-0.3, -0.25) is 9.59 Å². The van der Waals surface area contributed by atoms with Gasteiger partial charge in [0.25, 0.3) is 5.91 Å². The quantitative estimate of drug-likeness (QED) is 0.751. The number of likely N-dealkylation sites (tertiary alicyclic amines) is 1. The summed E-state index contributed by atoms with van der Waals surface area (Å²) in [4.78, 5) is 27.2. The van der Waals surface area contributed by atoms with E-state index >= 15 is 0 Å². The number of hydrogen-bond donors (Lipinski definition) is 2. The molecular weight excluding hydrogens is 218 g/mol. The Labute approximate surface area is 98.6 Å². The molecule has 2 fully saturated rings. The second-order valence-corrected chi connectivity index (χ2v) is 5.11. The van der Waals surface area contributed by atoms with E-state index in [4.69, 9.17) is 5.73 Å². The predicted molar refractivity (Wildman–Crippen MR) is 62.6 cm³/mol. The predicted octanol–water partition coefficient (Wildman–Crippen LogP) is -0.0618. The van der Waals surface area contributed by atoms with Gasteiger partial charge in [-0.05, 0) is 24.8 Å². The third-order valence-electron chi connectivity index (χ3n) is 3.68. The molecule has 0 bridgehead atoms. The van der Waals surface area contributed by atoms with E-state index in [0.717, 1.165) is 0 Å². The Hall–Kier alpha value is -1.62. The van der Waals surface area contributed by atoms with Crippen LogP contribution in [0.4, 0.5) is 0 Å². The molecular formula is C12H15N3O2. The van der Waals surface area contributed by atoms with E-state index in [1.54, 1.807) is 11.0 Å². The summed E-state index contributed by atoms with van der Waals surface area (Å²) >= 11 is 0. The molecule has 1 saturated heterocycles. The number of aromatic nitrogens is 1. The number of nitrogens with one attached hydrogen (secondary N) is 1. The van der Waals surface area contributed by atoms with Crippen LogP contribution in [0.25, 0.3) is 0 Å². The van der Waals surface area contributed by atoms with Crippen molar-refractivity contribution >= 4 is 5.91 Å². The van der Waals surface area contributed by atoms with Crippen LogP contribution in [0.1, 0.15) is 23.2 Å². The average molecular weight is 233 g/mol. The van der Waals surface area contributed by atoms with Crippen molar-refractivity contribution in [2.75, 3.05) is 13.1 Å². The van der Waals surface area contributed by atoms with E-state index in [1.165, 1.54) is 25.1 Å². The summed E-state index contributed by atoms with van der Waals surface area (Å²) in [5, 5.41) is 0.